The molecule has 0 atom stereocenters. The fourth-order valence-electron chi connectivity index (χ4n) is 3.95. The van der Waals surface area contributed by atoms with Crippen LogP contribution in [0.15, 0.2) is 133 Å². The molecule has 0 aromatic heterocycles. The van der Waals surface area contributed by atoms with Crippen molar-refractivity contribution in [3.63, 3.8) is 0 Å². The van der Waals surface area contributed by atoms with Gasteiger partial charge in [-0.15, -0.1) is 0 Å². The number of hydrogen-bond acceptors (Lipinski definition) is 1. The molecule has 5 rings (SSSR count). The monoisotopic (exact) mass is 523 g/mol. The molecule has 0 aliphatic heterocycles. The highest BCUT2D eigenvalue weighted by atomic mass is 127. The van der Waals surface area contributed by atoms with Crippen LogP contribution in [0.25, 0.3) is 22.3 Å². The van der Waals surface area contributed by atoms with Crippen molar-refractivity contribution in [3.8, 4) is 22.3 Å². The van der Waals surface area contributed by atoms with E-state index in [-0.39, 0.29) is 0 Å². The molecule has 0 saturated carbocycles. The van der Waals surface area contributed by atoms with Crippen molar-refractivity contribution in [3.05, 3.63) is 137 Å². The molecule has 0 aliphatic rings. The molecule has 0 N–H and O–H groups in total. The molecule has 1 nitrogen and oxygen atoms in total. The van der Waals surface area contributed by atoms with Crippen molar-refractivity contribution in [1.82, 2.24) is 0 Å². The van der Waals surface area contributed by atoms with Crippen LogP contribution >= 0.6 is 22.6 Å². The van der Waals surface area contributed by atoms with Crippen LogP contribution in [0.2, 0.25) is 0 Å². The van der Waals surface area contributed by atoms with Gasteiger partial charge in [0.05, 0.1) is 0 Å². The molecule has 154 valence electrons. The summed E-state index contributed by atoms with van der Waals surface area (Å²) in [5.74, 6) is 0. The predicted molar refractivity (Wildman–Crippen MR) is 145 cm³/mol. The number of anilines is 3. The lowest BCUT2D eigenvalue weighted by Gasteiger charge is -2.26. The van der Waals surface area contributed by atoms with Crippen LogP contribution in [0.4, 0.5) is 17.1 Å². The van der Waals surface area contributed by atoms with Crippen LogP contribution < -0.4 is 4.90 Å². The minimum atomic E-state index is 1.14. The first kappa shape index (κ1) is 20.5. The Morgan fingerprint density at radius 1 is 0.375 bits per heavy atom. The van der Waals surface area contributed by atoms with E-state index in [1.165, 1.54) is 25.8 Å². The molecule has 2 heteroatoms. The normalized spacial score (nSPS) is 10.7. The molecule has 0 aliphatic carbocycles. The Kier molecular flexibility index (Phi) is 6.04. The second kappa shape index (κ2) is 9.41. The lowest BCUT2D eigenvalue weighted by molar-refractivity contribution is 1.28. The third-order valence-electron chi connectivity index (χ3n) is 5.51. The van der Waals surface area contributed by atoms with Gasteiger partial charge in [-0.25, -0.2) is 0 Å². The molecular formula is C30H22IN. The van der Waals surface area contributed by atoms with Gasteiger partial charge < -0.3 is 4.90 Å². The maximum atomic E-state index is 2.36. The molecule has 0 fully saturated rings. The molecule has 5 aromatic rings. The summed E-state index contributed by atoms with van der Waals surface area (Å²) in [6.07, 6.45) is 0. The van der Waals surface area contributed by atoms with Crippen molar-refractivity contribution >= 4 is 39.7 Å². The van der Waals surface area contributed by atoms with Crippen molar-refractivity contribution in [1.29, 1.82) is 0 Å². The van der Waals surface area contributed by atoms with E-state index in [2.05, 4.69) is 161 Å². The van der Waals surface area contributed by atoms with E-state index >= 15 is 0 Å². The Bertz CT molecular complexity index is 1230. The maximum Gasteiger partial charge on any atom is 0.0467 e. The van der Waals surface area contributed by atoms with Crippen molar-refractivity contribution in [2.75, 3.05) is 4.90 Å². The summed E-state index contributed by atoms with van der Waals surface area (Å²) >= 11 is 2.36. The average molecular weight is 523 g/mol. The second-order valence-electron chi connectivity index (χ2n) is 7.64. The summed E-state index contributed by atoms with van der Waals surface area (Å²) in [6, 6.07) is 47.3. The molecule has 32 heavy (non-hydrogen) atoms. The molecule has 0 saturated heterocycles. The molecule has 0 heterocycles. The van der Waals surface area contributed by atoms with Crippen LogP contribution in [-0.4, -0.2) is 0 Å². The van der Waals surface area contributed by atoms with Crippen molar-refractivity contribution < 1.29 is 0 Å². The third-order valence-corrected chi connectivity index (χ3v) is 6.23. The van der Waals surface area contributed by atoms with E-state index in [0.29, 0.717) is 0 Å². The van der Waals surface area contributed by atoms with Gasteiger partial charge in [0.2, 0.25) is 0 Å². The average Bonchev–Trinajstić information content (AvgIpc) is 2.87. The molecule has 0 unspecified atom stereocenters. The summed E-state index contributed by atoms with van der Waals surface area (Å²) < 4.78 is 1.22. The Hall–Kier alpha value is -3.37. The van der Waals surface area contributed by atoms with Gasteiger partial charge in [-0.1, -0.05) is 84.9 Å². The first-order valence-corrected chi connectivity index (χ1v) is 11.7. The molecule has 5 aromatic carbocycles. The van der Waals surface area contributed by atoms with E-state index in [9.17, 15) is 0 Å². The van der Waals surface area contributed by atoms with Crippen LogP contribution in [0.5, 0.6) is 0 Å². The Morgan fingerprint density at radius 3 is 1.28 bits per heavy atom. The Labute approximate surface area is 203 Å². The van der Waals surface area contributed by atoms with E-state index in [1.807, 2.05) is 0 Å². The number of rotatable bonds is 5. The highest BCUT2D eigenvalue weighted by Crippen LogP contribution is 2.38. The topological polar surface area (TPSA) is 3.24 Å². The fourth-order valence-corrected chi connectivity index (χ4v) is 4.31. The molecule has 0 bridgehead atoms. The van der Waals surface area contributed by atoms with Crippen LogP contribution in [-0.2, 0) is 0 Å². The summed E-state index contributed by atoms with van der Waals surface area (Å²) in [5, 5.41) is 0. The number of hydrogen-bond donors (Lipinski definition) is 0. The van der Waals surface area contributed by atoms with E-state index in [1.54, 1.807) is 0 Å². The number of halogens is 1. The number of benzene rings is 5. The van der Waals surface area contributed by atoms with Crippen LogP contribution in [0, 0.1) is 3.57 Å². The lowest BCUT2D eigenvalue weighted by Crippen LogP contribution is -2.10. The second-order valence-corrected chi connectivity index (χ2v) is 8.89. The van der Waals surface area contributed by atoms with E-state index in [0.717, 1.165) is 17.1 Å². The standard InChI is InChI=1S/C30H22IN/c31-27-17-19-28(20-18-27)32(29-15-7-13-25(21-29)23-9-3-1-4-10-23)30-16-8-14-26(22-30)24-11-5-2-6-12-24/h1-22H. The van der Waals surface area contributed by atoms with Gasteiger partial charge in [-0.2, -0.15) is 0 Å². The zero-order valence-electron chi connectivity index (χ0n) is 17.5. The quantitative estimate of drug-likeness (QED) is 0.208. The zero-order valence-corrected chi connectivity index (χ0v) is 19.7. The van der Waals surface area contributed by atoms with Crippen LogP contribution in [0.3, 0.4) is 0 Å². The maximum absolute atomic E-state index is 2.36. The molecule has 0 spiro atoms. The van der Waals surface area contributed by atoms with Gasteiger partial charge in [0.1, 0.15) is 0 Å². The van der Waals surface area contributed by atoms with Gasteiger partial charge in [0, 0.05) is 20.6 Å². The molecule has 0 amide bonds. The van der Waals surface area contributed by atoms with Gasteiger partial charge in [0.25, 0.3) is 0 Å². The Balaban J connectivity index is 1.64. The highest BCUT2D eigenvalue weighted by molar-refractivity contribution is 14.1. The molecular weight excluding hydrogens is 501 g/mol. The summed E-state index contributed by atoms with van der Waals surface area (Å²) in [6.45, 7) is 0. The largest absolute Gasteiger partial charge is 0.310 e. The van der Waals surface area contributed by atoms with Gasteiger partial charge in [-0.05, 0) is 93.4 Å². The highest BCUT2D eigenvalue weighted by Gasteiger charge is 2.14. The molecule has 0 radical (unpaired) electrons. The predicted octanol–water partition coefficient (Wildman–Crippen LogP) is 9.09. The van der Waals surface area contributed by atoms with E-state index in [4.69, 9.17) is 0 Å². The van der Waals surface area contributed by atoms with Gasteiger partial charge >= 0.3 is 0 Å². The number of nitrogens with zero attached hydrogens (tertiary/aromatic N) is 1. The van der Waals surface area contributed by atoms with Crippen LogP contribution in [0.1, 0.15) is 0 Å². The van der Waals surface area contributed by atoms with Gasteiger partial charge in [0.15, 0.2) is 0 Å². The SMILES string of the molecule is Ic1ccc(N(c2cccc(-c3ccccc3)c2)c2cccc(-c3ccccc3)c2)cc1. The third kappa shape index (κ3) is 4.46. The van der Waals surface area contributed by atoms with Crippen molar-refractivity contribution in [2.24, 2.45) is 0 Å². The summed E-state index contributed by atoms with van der Waals surface area (Å²) in [4.78, 5) is 2.33. The summed E-state index contributed by atoms with van der Waals surface area (Å²) in [5.41, 5.74) is 8.26. The minimum Gasteiger partial charge on any atom is -0.310 e. The first-order valence-electron chi connectivity index (χ1n) is 10.6. The lowest BCUT2D eigenvalue weighted by atomic mass is 10.0. The summed E-state index contributed by atoms with van der Waals surface area (Å²) in [7, 11) is 0. The smallest absolute Gasteiger partial charge is 0.0467 e. The van der Waals surface area contributed by atoms with Gasteiger partial charge in [-0.3, -0.25) is 0 Å². The van der Waals surface area contributed by atoms with E-state index < -0.39 is 0 Å². The fraction of sp³-hybridized carbons (Fsp3) is 0. The zero-order chi connectivity index (χ0) is 21.8. The Morgan fingerprint density at radius 2 is 0.812 bits per heavy atom. The first-order chi connectivity index (χ1) is 15.8. The van der Waals surface area contributed by atoms with Crippen molar-refractivity contribution in [2.45, 2.75) is 0 Å². The minimum absolute atomic E-state index is 1.14.